The minimum atomic E-state index is -7.25. The molecule has 0 saturated carbocycles. The van der Waals surface area contributed by atoms with Gasteiger partial charge in [0.05, 0.1) is 0 Å². The number of carbonyl (C=O) groups excluding carboxylic acids is 2. The first-order valence-electron chi connectivity index (χ1n) is 5.31. The standard InChI is InChI=1S/C8H2F12O7.2Na/c9-3(10,1(21)22)25-5(13,14)7(17,18)27-8(19,20)6(15,16)26-4(11,12)2(23)24;;/h(H,21,22)(H,23,24);;/q;2*+1/p-2. The van der Waals surface area contributed by atoms with E-state index in [2.05, 4.69) is 0 Å². The van der Waals surface area contributed by atoms with Crippen LogP contribution in [0.15, 0.2) is 0 Å². The number of ether oxygens (including phenoxy) is 3. The summed E-state index contributed by atoms with van der Waals surface area (Å²) in [5.74, 6) is -7.82. The molecule has 0 spiro atoms. The summed E-state index contributed by atoms with van der Waals surface area (Å²) in [5, 5.41) is 19.3. The molecule has 0 atom stereocenters. The molecule has 0 radical (unpaired) electrons. The second-order valence-electron chi connectivity index (χ2n) is 3.98. The van der Waals surface area contributed by atoms with Crippen molar-refractivity contribution in [3.63, 3.8) is 0 Å². The molecule has 7 nitrogen and oxygen atoms in total. The molecule has 0 N–H and O–H groups in total. The molecule has 0 heterocycles. The van der Waals surface area contributed by atoms with Crippen molar-refractivity contribution in [3.05, 3.63) is 0 Å². The van der Waals surface area contributed by atoms with Gasteiger partial charge >= 0.3 is 95.8 Å². The predicted molar refractivity (Wildman–Crippen MR) is 43.0 cm³/mol. The van der Waals surface area contributed by atoms with E-state index in [4.69, 9.17) is 0 Å². The maximum Gasteiger partial charge on any atom is 1.00 e. The molecule has 160 valence electrons. The second-order valence-corrected chi connectivity index (χ2v) is 3.98. The average molecular weight is 482 g/mol. The molecule has 0 amide bonds. The maximum absolute atomic E-state index is 12.8. The van der Waals surface area contributed by atoms with Crippen molar-refractivity contribution in [2.75, 3.05) is 0 Å². The van der Waals surface area contributed by atoms with Gasteiger partial charge in [-0.25, -0.2) is 14.2 Å². The summed E-state index contributed by atoms with van der Waals surface area (Å²) in [7, 11) is 0. The molecule has 21 heteroatoms. The van der Waals surface area contributed by atoms with Gasteiger partial charge in [0.15, 0.2) is 0 Å². The fourth-order valence-corrected chi connectivity index (χ4v) is 0.804. The number of carboxylic acid groups (broad SMARTS) is 2. The fourth-order valence-electron chi connectivity index (χ4n) is 0.804. The largest absolute Gasteiger partial charge is 1.00 e. The van der Waals surface area contributed by atoms with E-state index in [-0.39, 0.29) is 59.1 Å². The molecule has 0 aliphatic rings. The zero-order valence-electron chi connectivity index (χ0n) is 13.4. The van der Waals surface area contributed by atoms with Gasteiger partial charge in [0, 0.05) is 0 Å². The van der Waals surface area contributed by atoms with Crippen LogP contribution in [0.25, 0.3) is 0 Å². The first-order chi connectivity index (χ1) is 11.5. The van der Waals surface area contributed by atoms with Gasteiger partial charge in [0.1, 0.15) is 11.9 Å². The average Bonchev–Trinajstić information content (AvgIpc) is 2.33. The van der Waals surface area contributed by atoms with Gasteiger partial charge in [-0.3, -0.25) is 0 Å². The van der Waals surface area contributed by atoms with Crippen LogP contribution in [0.3, 0.4) is 0 Å². The first-order valence-corrected chi connectivity index (χ1v) is 5.31. The Morgan fingerprint density at radius 3 is 0.828 bits per heavy atom. The van der Waals surface area contributed by atoms with Crippen molar-refractivity contribution in [2.24, 2.45) is 0 Å². The molecule has 0 aliphatic carbocycles. The Kier molecular flexibility index (Phi) is 11.7. The monoisotopic (exact) mass is 482 g/mol. The van der Waals surface area contributed by atoms with Crippen molar-refractivity contribution in [1.29, 1.82) is 0 Å². The summed E-state index contributed by atoms with van der Waals surface area (Å²) in [6.07, 6.45) is -41.3. The van der Waals surface area contributed by atoms with Gasteiger partial charge in [0.25, 0.3) is 0 Å². The summed E-state index contributed by atoms with van der Waals surface area (Å²) in [4.78, 5) is 19.3. The molecule has 0 aromatic heterocycles. The van der Waals surface area contributed by atoms with Crippen molar-refractivity contribution < 1.29 is 146 Å². The predicted octanol–water partition coefficient (Wildman–Crippen LogP) is -5.90. The number of alkyl halides is 12. The molecule has 0 aromatic rings. The van der Waals surface area contributed by atoms with Crippen molar-refractivity contribution in [3.8, 4) is 0 Å². The van der Waals surface area contributed by atoms with Gasteiger partial charge < -0.3 is 19.8 Å². The van der Waals surface area contributed by atoms with Gasteiger partial charge in [-0.05, 0) is 0 Å². The molecule has 0 bridgehead atoms. The number of hydrogen-bond donors (Lipinski definition) is 0. The Morgan fingerprint density at radius 2 is 0.655 bits per heavy atom. The number of carboxylic acids is 2. The Balaban J connectivity index is -0.00000338. The van der Waals surface area contributed by atoms with Gasteiger partial charge in [-0.1, -0.05) is 0 Å². The van der Waals surface area contributed by atoms with E-state index in [0.29, 0.717) is 0 Å². The van der Waals surface area contributed by atoms with Crippen LogP contribution in [0.1, 0.15) is 0 Å². The summed E-state index contributed by atoms with van der Waals surface area (Å²) < 4.78 is 156. The molecule has 0 aliphatic heterocycles. The van der Waals surface area contributed by atoms with Crippen molar-refractivity contribution in [2.45, 2.75) is 36.7 Å². The van der Waals surface area contributed by atoms with Crippen molar-refractivity contribution in [1.82, 2.24) is 0 Å². The number of hydrogen-bond acceptors (Lipinski definition) is 7. The normalized spacial score (nSPS) is 13.9. The SMILES string of the molecule is O=C([O-])C(F)(F)OC(F)(F)C(F)(F)OC(F)(F)C(F)(F)OC(F)(F)C(=O)[O-].[Na+].[Na+]. The summed E-state index contributed by atoms with van der Waals surface area (Å²) in [5.41, 5.74) is 0. The molecule has 0 aromatic carbocycles. The van der Waals surface area contributed by atoms with E-state index < -0.39 is 48.6 Å². The number of rotatable bonds is 10. The molecule has 0 saturated heterocycles. The molecule has 0 rings (SSSR count). The van der Waals surface area contributed by atoms with E-state index in [1.165, 1.54) is 4.74 Å². The van der Waals surface area contributed by atoms with E-state index in [0.717, 1.165) is 0 Å². The minimum Gasteiger partial charge on any atom is -0.542 e. The summed E-state index contributed by atoms with van der Waals surface area (Å²) in [6, 6.07) is 0. The molecule has 0 unspecified atom stereocenters. The zero-order chi connectivity index (χ0) is 22.3. The first kappa shape index (κ1) is 33.6. The third-order valence-corrected chi connectivity index (χ3v) is 1.92. The van der Waals surface area contributed by atoms with Gasteiger partial charge in [-0.2, -0.15) is 52.7 Å². The number of aliphatic carboxylic acids is 2. The zero-order valence-corrected chi connectivity index (χ0v) is 17.4. The Bertz CT molecular complexity index is 549. The molecule has 0 fully saturated rings. The minimum absolute atomic E-state index is 0. The summed E-state index contributed by atoms with van der Waals surface area (Å²) in [6.45, 7) is 0. The quantitative estimate of drug-likeness (QED) is 0.226. The Hall–Kier alpha value is -0.0200. The molecular formula is C8F12Na2O7. The van der Waals surface area contributed by atoms with E-state index in [9.17, 15) is 72.5 Å². The van der Waals surface area contributed by atoms with Crippen LogP contribution in [0.5, 0.6) is 0 Å². The smallest absolute Gasteiger partial charge is 0.542 e. The van der Waals surface area contributed by atoms with Crippen LogP contribution in [0.2, 0.25) is 0 Å². The van der Waals surface area contributed by atoms with Crippen molar-refractivity contribution >= 4 is 11.9 Å². The van der Waals surface area contributed by atoms with Crippen LogP contribution >= 0.6 is 0 Å². The Morgan fingerprint density at radius 1 is 0.483 bits per heavy atom. The second kappa shape index (κ2) is 10.1. The van der Waals surface area contributed by atoms with E-state index >= 15 is 0 Å². The van der Waals surface area contributed by atoms with Gasteiger partial charge in [-0.15, -0.1) is 0 Å². The van der Waals surface area contributed by atoms with Crippen LogP contribution in [0, 0.1) is 0 Å². The van der Waals surface area contributed by atoms with Crippen LogP contribution in [-0.2, 0) is 23.8 Å². The topological polar surface area (TPSA) is 108 Å². The Labute approximate surface area is 193 Å². The van der Waals surface area contributed by atoms with Crippen LogP contribution in [-0.4, -0.2) is 48.6 Å². The third-order valence-electron chi connectivity index (χ3n) is 1.92. The maximum atomic E-state index is 12.8. The number of carbonyl (C=O) groups is 2. The molecule has 29 heavy (non-hydrogen) atoms. The number of halogens is 12. The van der Waals surface area contributed by atoms with E-state index in [1.54, 1.807) is 9.47 Å². The van der Waals surface area contributed by atoms with E-state index in [1.807, 2.05) is 0 Å². The van der Waals surface area contributed by atoms with Crippen LogP contribution < -0.4 is 69.3 Å². The third kappa shape index (κ3) is 8.20. The summed E-state index contributed by atoms with van der Waals surface area (Å²) >= 11 is 0. The molecular weight excluding hydrogens is 482 g/mol. The van der Waals surface area contributed by atoms with Crippen LogP contribution in [0.4, 0.5) is 52.7 Å². The van der Waals surface area contributed by atoms with Gasteiger partial charge in [0.2, 0.25) is 0 Å². The fraction of sp³-hybridized carbons (Fsp3) is 0.750.